The van der Waals surface area contributed by atoms with Crippen molar-refractivity contribution in [3.05, 3.63) is 150 Å². The van der Waals surface area contributed by atoms with Gasteiger partial charge in [0.15, 0.2) is 29.5 Å². The Morgan fingerprint density at radius 1 is 0.414 bits per heavy atom. The third-order valence-electron chi connectivity index (χ3n) is 17.9. The zero-order chi connectivity index (χ0) is 74.4. The topological polar surface area (TPSA) is 151 Å². The summed E-state index contributed by atoms with van der Waals surface area (Å²) < 4.78 is 73.6. The molecule has 5 aromatic carbocycles. The van der Waals surface area contributed by atoms with E-state index < -0.39 is 29.5 Å². The molecule has 0 aliphatic carbocycles. The molecule has 0 unspecified atom stereocenters. The molecule has 0 aromatic heterocycles. The number of benzene rings is 5. The van der Waals surface area contributed by atoms with E-state index in [1.54, 1.807) is 60.7 Å². The SMILES string of the molecule is CC.CC.CC.CC.CC.C[C@@H]1C[C@@H](S(=O)(=O)c2cc[c-]cc2)CN1.C[C@@H]1C[C@@H](S(=O)(=O)c2cc[c-]cc2)CN1C.C[C@@H]1C[C@H](O)CN1C.C[C@H]1C[C@@H](C)N(C)C1.Cc1ccc(S(=O)(=O)[C@@H]2C[C@@H](C)N(C)C2)cc1.Cc1ccc(S)cc1.Cc1ccc(S[C@@H]2C[C@@H](C)N(C)C2)cc1.[Re].[Re]. The molecule has 568 valence electrons. The Balaban J connectivity index is -0.00000108. The molecule has 2 N–H and O–H groups in total. The molecule has 12 atom stereocenters. The predicted molar refractivity (Wildman–Crippen MR) is 421 cm³/mol. The largest absolute Gasteiger partial charge is 0.392 e. The number of likely N-dealkylation sites (N-methyl/N-ethyl adjacent to an activating group) is 1. The van der Waals surface area contributed by atoms with Crippen LogP contribution in [-0.4, -0.2) is 193 Å². The van der Waals surface area contributed by atoms with Crippen LogP contribution in [-0.2, 0) is 70.4 Å². The number of thiol groups is 1. The van der Waals surface area contributed by atoms with Gasteiger partial charge >= 0.3 is 0 Å². The molecule has 0 bridgehead atoms. The summed E-state index contributed by atoms with van der Waals surface area (Å²) >= 11 is 6.16. The first-order valence-corrected chi connectivity index (χ1v) is 42.0. The van der Waals surface area contributed by atoms with Crippen molar-refractivity contribution in [2.45, 2.75) is 265 Å². The molecule has 0 amide bonds. The van der Waals surface area contributed by atoms with Crippen LogP contribution in [0.5, 0.6) is 0 Å². The van der Waals surface area contributed by atoms with E-state index >= 15 is 0 Å². The van der Waals surface area contributed by atoms with Crippen molar-refractivity contribution in [3.8, 4) is 0 Å². The smallest absolute Gasteiger partial charge is 0.182 e. The summed E-state index contributed by atoms with van der Waals surface area (Å²) in [5.74, 6) is 0.926. The molecule has 6 aliphatic rings. The van der Waals surface area contributed by atoms with E-state index in [4.69, 9.17) is 5.11 Å². The minimum atomic E-state index is -3.17. The molecular weight excluding hydrogens is 1680 g/mol. The van der Waals surface area contributed by atoms with Gasteiger partial charge in [0.05, 0.1) is 26.7 Å². The van der Waals surface area contributed by atoms with Crippen LogP contribution in [0.3, 0.4) is 0 Å². The first kappa shape index (κ1) is 101. The van der Waals surface area contributed by atoms with E-state index in [2.05, 4.69) is 148 Å². The van der Waals surface area contributed by atoms with Gasteiger partial charge in [-0.25, -0.2) is 25.3 Å². The van der Waals surface area contributed by atoms with Crippen molar-refractivity contribution in [2.75, 3.05) is 74.5 Å². The van der Waals surface area contributed by atoms with Gasteiger partial charge in [-0.1, -0.05) is 129 Å². The quantitative estimate of drug-likeness (QED) is 0.0998. The van der Waals surface area contributed by atoms with Crippen LogP contribution >= 0.6 is 24.4 Å². The van der Waals surface area contributed by atoms with Crippen molar-refractivity contribution in [1.82, 2.24) is 29.8 Å². The van der Waals surface area contributed by atoms with E-state index in [0.717, 1.165) is 59.5 Å². The monoisotopic (exact) mass is 1810 g/mol. The second-order valence-electron chi connectivity index (χ2n) is 25.6. The number of nitrogens with one attached hydrogen (secondary N) is 1. The third-order valence-corrected chi connectivity index (χ3v) is 25.9. The van der Waals surface area contributed by atoms with Gasteiger partial charge in [-0.3, -0.25) is 0 Å². The Kier molecular flexibility index (Phi) is 54.5. The Bertz CT molecular complexity index is 3070. The number of rotatable bonds is 8. The molecule has 6 saturated heterocycles. The van der Waals surface area contributed by atoms with Gasteiger partial charge in [0.1, 0.15) is 0 Å². The van der Waals surface area contributed by atoms with Gasteiger partial charge in [-0.2, -0.15) is 60.7 Å². The average Bonchev–Trinajstić information content (AvgIpc) is 1.74. The van der Waals surface area contributed by atoms with Gasteiger partial charge in [0.25, 0.3) is 0 Å². The molecule has 99 heavy (non-hydrogen) atoms. The van der Waals surface area contributed by atoms with Gasteiger partial charge in [-0.05, 0) is 188 Å². The summed E-state index contributed by atoms with van der Waals surface area (Å²) in [6.07, 6.45) is 5.71. The van der Waals surface area contributed by atoms with E-state index in [1.807, 2.05) is 152 Å². The maximum Gasteiger partial charge on any atom is 0.182 e. The number of nitrogens with zero attached hydrogens (tertiary/aromatic N) is 5. The second kappa shape index (κ2) is 53.5. The van der Waals surface area contributed by atoms with E-state index in [-0.39, 0.29) is 62.7 Å². The maximum atomic E-state index is 12.4. The van der Waals surface area contributed by atoms with Crippen LogP contribution in [0.15, 0.2) is 146 Å². The number of aryl methyl sites for hydroxylation is 3. The van der Waals surface area contributed by atoms with E-state index in [1.165, 1.54) is 42.0 Å². The summed E-state index contributed by atoms with van der Waals surface area (Å²) in [7, 11) is 0.937. The Morgan fingerprint density at radius 2 is 0.737 bits per heavy atom. The minimum Gasteiger partial charge on any atom is -0.392 e. The zero-order valence-corrected chi connectivity index (χ0v) is 75.0. The third kappa shape index (κ3) is 36.0. The molecule has 2 radical (unpaired) electrons. The van der Waals surface area contributed by atoms with Crippen LogP contribution < -0.4 is 5.32 Å². The number of β-amino-alcohol motifs (C(OH)–C–C–N with tert-alkyl or cyclic N) is 1. The number of hydrogen-bond donors (Lipinski definition) is 3. The van der Waals surface area contributed by atoms with Crippen molar-refractivity contribution in [2.24, 2.45) is 5.92 Å². The summed E-state index contributed by atoms with van der Waals surface area (Å²) in [6.45, 7) is 46.6. The van der Waals surface area contributed by atoms with E-state index in [9.17, 15) is 25.3 Å². The molecule has 5 aromatic rings. The normalized spacial score (nSPS) is 24.7. The standard InChI is InChI=1S/C13H19NO2S.C13H19NS.C12H16NO2S.C11H14NO2S.C7H15N.C7H8S.C6H13NO.5C2H6.2Re/c1-10-4-6-12(7-5-10)17(15,16)13-8-11(2)14(3)9-13;1-10-4-6-12(7-5-10)15-13-8-11(2)14(3)9-13;1-10-8-12(9-13(10)2)16(14,15)11-6-4-3-5-7-11;1-9-7-11(8-12-9)15(13,14)10-5-3-2-4-6-10;1-6-4-7(2)8(3)5-6;1-6-2-4-7(8)5-3-6;1-5-3-6(8)4-7(5)2;5*1-2;;/h4-7,11,13H,8-9H2,1-3H3;4-7,11,13H,8-9H2,1-3H3;4-7,10,12H,8-9H2,1-2H3;3-6,9,11-12H,7-8H2,1H3;6-7H,4-5H2,1-3H3;2-5,8H,1H3;5-6,8H,3-4H2,1-2H3;5*1-2H3;;/q;;2*-1;;;;;;;;;;/t2*11-,13-;10-,12-;9-,11-;6-,7+;;5-,6+;;;;;;;/m11110.1......./s1. The molecule has 13 nitrogen and oxygen atoms in total. The molecule has 0 spiro atoms. The van der Waals surface area contributed by atoms with Gasteiger partial charge < -0.3 is 34.9 Å². The fourth-order valence-corrected chi connectivity index (χ4v) is 18.5. The van der Waals surface area contributed by atoms with Gasteiger partial charge in [-0.15, -0.1) is 24.4 Å². The van der Waals surface area contributed by atoms with Crippen LogP contribution in [0.4, 0.5) is 0 Å². The molecule has 6 aliphatic heterocycles. The average molecular weight is 1810 g/mol. The summed E-state index contributed by atoms with van der Waals surface area (Å²) in [5.41, 5.74) is 3.71. The molecular formula is C79H134N6O7Re2S5-2. The number of thioether (sulfide) groups is 1. The summed E-state index contributed by atoms with van der Waals surface area (Å²) in [5, 5.41) is 12.1. The fourth-order valence-electron chi connectivity index (χ4n) is 11.5. The Morgan fingerprint density at radius 3 is 1.01 bits per heavy atom. The number of likely N-dealkylation sites (tertiary alicyclic amines) is 5. The molecule has 6 fully saturated rings. The number of hydrogen-bond acceptors (Lipinski definition) is 15. The van der Waals surface area contributed by atoms with Crippen molar-refractivity contribution < 1.29 is 71.2 Å². The van der Waals surface area contributed by atoms with Crippen LogP contribution in [0.1, 0.15) is 173 Å². The van der Waals surface area contributed by atoms with Crippen molar-refractivity contribution in [3.63, 3.8) is 0 Å². The van der Waals surface area contributed by atoms with Crippen LogP contribution in [0.25, 0.3) is 0 Å². The Labute approximate surface area is 644 Å². The van der Waals surface area contributed by atoms with Crippen molar-refractivity contribution >= 4 is 53.9 Å². The molecule has 20 heteroatoms. The van der Waals surface area contributed by atoms with Crippen molar-refractivity contribution in [1.29, 1.82) is 0 Å². The predicted octanol–water partition coefficient (Wildman–Crippen LogP) is 16.2. The first-order valence-electron chi connectivity index (χ1n) is 36.0. The summed E-state index contributed by atoms with van der Waals surface area (Å²) in [4.78, 5) is 15.0. The fraction of sp³-hybridized carbons (Fsp3) is 0.620. The molecule has 6 heterocycles. The van der Waals surface area contributed by atoms with E-state index in [0.29, 0.717) is 64.9 Å². The second-order valence-corrected chi connectivity index (χ2v) is 34.2. The van der Waals surface area contributed by atoms with Gasteiger partial charge in [0, 0.05) is 131 Å². The van der Waals surface area contributed by atoms with Gasteiger partial charge in [0.2, 0.25) is 0 Å². The molecule has 11 rings (SSSR count). The van der Waals surface area contributed by atoms with Crippen LogP contribution in [0, 0.1) is 38.8 Å². The minimum absolute atomic E-state index is 0. The maximum absolute atomic E-state index is 12.4. The number of sulfone groups is 3. The number of aliphatic hydroxyl groups is 1. The zero-order valence-electron chi connectivity index (χ0n) is 65.4. The number of aliphatic hydroxyl groups excluding tert-OH is 1. The first-order chi connectivity index (χ1) is 45.9. The van der Waals surface area contributed by atoms with Crippen LogP contribution in [0.2, 0.25) is 0 Å². The summed E-state index contributed by atoms with van der Waals surface area (Å²) in [6, 6.07) is 45.9. The Hall–Kier alpha value is -2.31. The molecule has 0 saturated carbocycles.